The summed E-state index contributed by atoms with van der Waals surface area (Å²) in [5.41, 5.74) is 0. The van der Waals surface area contributed by atoms with Gasteiger partial charge in [0.15, 0.2) is 5.82 Å². The normalized spacial score (nSPS) is 21.4. The van der Waals surface area contributed by atoms with E-state index in [1.54, 1.807) is 7.11 Å². The van der Waals surface area contributed by atoms with Gasteiger partial charge in [-0.15, -0.1) is 0 Å². The number of nitrogens with zero attached hydrogens (tertiary/aromatic N) is 4. The van der Waals surface area contributed by atoms with Gasteiger partial charge in [0.2, 0.25) is 17.7 Å². The smallest absolute Gasteiger partial charge is 0.231 e. The zero-order valence-electron chi connectivity index (χ0n) is 14.8. The minimum absolute atomic E-state index is 0.0925. The number of amides is 2. The Morgan fingerprint density at radius 2 is 2.00 bits per heavy atom. The number of methoxy groups -OCH3 is 1. The fraction of sp³-hybridized carbons (Fsp3) is 0.765. The van der Waals surface area contributed by atoms with Crippen molar-refractivity contribution >= 4 is 11.8 Å². The molecular formula is C17H26N4O4. The van der Waals surface area contributed by atoms with Crippen molar-refractivity contribution in [3.05, 3.63) is 11.7 Å². The molecule has 0 aliphatic carbocycles. The maximum atomic E-state index is 12.2. The third-order valence-corrected chi connectivity index (χ3v) is 4.89. The van der Waals surface area contributed by atoms with Crippen LogP contribution in [0.3, 0.4) is 0 Å². The number of hydrogen-bond acceptors (Lipinski definition) is 6. The molecule has 0 bridgehead atoms. The van der Waals surface area contributed by atoms with Crippen molar-refractivity contribution in [2.45, 2.75) is 44.4 Å². The van der Waals surface area contributed by atoms with Crippen LogP contribution in [0.5, 0.6) is 0 Å². The van der Waals surface area contributed by atoms with Gasteiger partial charge < -0.3 is 19.1 Å². The van der Waals surface area contributed by atoms with E-state index < -0.39 is 0 Å². The molecule has 3 rings (SSSR count). The van der Waals surface area contributed by atoms with E-state index in [0.29, 0.717) is 50.7 Å². The van der Waals surface area contributed by atoms with E-state index >= 15 is 0 Å². The summed E-state index contributed by atoms with van der Waals surface area (Å²) in [6.45, 7) is 3.42. The van der Waals surface area contributed by atoms with Crippen LogP contribution in [0.15, 0.2) is 4.52 Å². The predicted octanol–water partition coefficient (Wildman–Crippen LogP) is 0.977. The van der Waals surface area contributed by atoms with Gasteiger partial charge in [0.05, 0.1) is 12.5 Å². The van der Waals surface area contributed by atoms with E-state index in [-0.39, 0.29) is 17.7 Å². The molecule has 2 aliphatic rings. The van der Waals surface area contributed by atoms with Gasteiger partial charge in [-0.2, -0.15) is 4.98 Å². The lowest BCUT2D eigenvalue weighted by Crippen LogP contribution is -2.40. The third-order valence-electron chi connectivity index (χ3n) is 4.89. The van der Waals surface area contributed by atoms with Crippen LogP contribution in [0.2, 0.25) is 0 Å². The summed E-state index contributed by atoms with van der Waals surface area (Å²) in [6, 6.07) is 0. The summed E-state index contributed by atoms with van der Waals surface area (Å²) in [5, 5.41) is 3.98. The first-order chi connectivity index (χ1) is 12.2. The lowest BCUT2D eigenvalue weighted by molar-refractivity contribution is -0.134. The molecule has 1 aromatic heterocycles. The van der Waals surface area contributed by atoms with E-state index in [1.807, 2.05) is 9.80 Å². The summed E-state index contributed by atoms with van der Waals surface area (Å²) in [4.78, 5) is 32.0. The zero-order valence-corrected chi connectivity index (χ0v) is 14.8. The Morgan fingerprint density at radius 3 is 2.76 bits per heavy atom. The number of carbonyl (C=O) groups excluding carboxylic acids is 2. The average Bonchev–Trinajstić information content (AvgIpc) is 3.24. The molecule has 8 heteroatoms. The summed E-state index contributed by atoms with van der Waals surface area (Å²) in [5.74, 6) is 1.75. The SMILES string of the molecule is COCCc1noc([C@@H]2CCC(=O)N(CCCN3CCCC3=O)C2)n1. The second kappa shape index (κ2) is 8.42. The van der Waals surface area contributed by atoms with Crippen LogP contribution in [-0.2, 0) is 20.7 Å². The highest BCUT2D eigenvalue weighted by Gasteiger charge is 2.30. The van der Waals surface area contributed by atoms with Crippen LogP contribution in [0, 0.1) is 0 Å². The topological polar surface area (TPSA) is 88.8 Å². The highest BCUT2D eigenvalue weighted by atomic mass is 16.5. The number of ether oxygens (including phenoxy) is 1. The van der Waals surface area contributed by atoms with Gasteiger partial charge in [-0.05, 0) is 19.3 Å². The fourth-order valence-electron chi connectivity index (χ4n) is 3.45. The van der Waals surface area contributed by atoms with Crippen LogP contribution in [-0.4, -0.2) is 71.7 Å². The van der Waals surface area contributed by atoms with Crippen molar-refractivity contribution in [2.24, 2.45) is 0 Å². The van der Waals surface area contributed by atoms with E-state index in [1.165, 1.54) is 0 Å². The molecule has 8 nitrogen and oxygen atoms in total. The van der Waals surface area contributed by atoms with Gasteiger partial charge >= 0.3 is 0 Å². The summed E-state index contributed by atoms with van der Waals surface area (Å²) >= 11 is 0. The monoisotopic (exact) mass is 350 g/mol. The second-order valence-electron chi connectivity index (χ2n) is 6.70. The van der Waals surface area contributed by atoms with E-state index in [0.717, 1.165) is 32.4 Å². The van der Waals surface area contributed by atoms with E-state index in [2.05, 4.69) is 10.1 Å². The Labute approximate surface area is 147 Å². The maximum absolute atomic E-state index is 12.2. The number of aromatic nitrogens is 2. The standard InChI is InChI=1S/C17H26N4O4/c1-24-11-7-14-18-17(25-19-14)13-5-6-16(23)21(12-13)10-3-9-20-8-2-4-15(20)22/h13H,2-12H2,1H3/t13-/m1/s1. The molecule has 0 unspecified atom stereocenters. The molecule has 0 aromatic carbocycles. The Hall–Kier alpha value is -1.96. The molecule has 0 N–H and O–H groups in total. The molecule has 0 saturated carbocycles. The van der Waals surface area contributed by atoms with Crippen molar-refractivity contribution in [2.75, 3.05) is 39.9 Å². The molecular weight excluding hydrogens is 324 g/mol. The molecule has 0 radical (unpaired) electrons. The lowest BCUT2D eigenvalue weighted by Gasteiger charge is -2.31. The first-order valence-corrected chi connectivity index (χ1v) is 9.04. The van der Waals surface area contributed by atoms with Crippen LogP contribution < -0.4 is 0 Å². The molecule has 25 heavy (non-hydrogen) atoms. The Morgan fingerprint density at radius 1 is 1.20 bits per heavy atom. The molecule has 1 aromatic rings. The van der Waals surface area contributed by atoms with Crippen LogP contribution in [0.1, 0.15) is 49.7 Å². The number of hydrogen-bond donors (Lipinski definition) is 0. The van der Waals surface area contributed by atoms with E-state index in [4.69, 9.17) is 9.26 Å². The largest absolute Gasteiger partial charge is 0.384 e. The minimum atomic E-state index is 0.0925. The maximum Gasteiger partial charge on any atom is 0.231 e. The van der Waals surface area contributed by atoms with Gasteiger partial charge in [0.1, 0.15) is 0 Å². The Balaban J connectivity index is 1.49. The van der Waals surface area contributed by atoms with Crippen LogP contribution in [0.25, 0.3) is 0 Å². The van der Waals surface area contributed by atoms with Crippen molar-refractivity contribution in [3.63, 3.8) is 0 Å². The first-order valence-electron chi connectivity index (χ1n) is 9.04. The van der Waals surface area contributed by atoms with Gasteiger partial charge in [-0.1, -0.05) is 5.16 Å². The quantitative estimate of drug-likeness (QED) is 0.694. The number of carbonyl (C=O) groups is 2. The molecule has 3 heterocycles. The van der Waals surface area contributed by atoms with E-state index in [9.17, 15) is 9.59 Å². The third kappa shape index (κ3) is 4.56. The number of piperidine rings is 1. The summed E-state index contributed by atoms with van der Waals surface area (Å²) < 4.78 is 10.4. The minimum Gasteiger partial charge on any atom is -0.384 e. The predicted molar refractivity (Wildman–Crippen MR) is 88.9 cm³/mol. The van der Waals surface area contributed by atoms with Gasteiger partial charge in [-0.3, -0.25) is 9.59 Å². The Kier molecular flexibility index (Phi) is 6.01. The van der Waals surface area contributed by atoms with Crippen molar-refractivity contribution in [3.8, 4) is 0 Å². The van der Waals surface area contributed by atoms with Gasteiger partial charge in [0.25, 0.3) is 0 Å². The number of rotatable bonds is 8. The van der Waals surface area contributed by atoms with Crippen molar-refractivity contribution in [1.29, 1.82) is 0 Å². The lowest BCUT2D eigenvalue weighted by atomic mass is 9.97. The van der Waals surface area contributed by atoms with Crippen molar-refractivity contribution in [1.82, 2.24) is 19.9 Å². The molecule has 2 saturated heterocycles. The van der Waals surface area contributed by atoms with Crippen molar-refractivity contribution < 1.29 is 18.8 Å². The van der Waals surface area contributed by atoms with Gasteiger partial charge in [-0.25, -0.2) is 0 Å². The molecule has 2 aliphatic heterocycles. The molecule has 1 atom stereocenters. The number of likely N-dealkylation sites (tertiary alicyclic amines) is 2. The van der Waals surface area contributed by atoms with Crippen LogP contribution >= 0.6 is 0 Å². The average molecular weight is 350 g/mol. The Bertz CT molecular complexity index is 603. The summed E-state index contributed by atoms with van der Waals surface area (Å²) in [6.07, 6.45) is 4.29. The molecule has 0 spiro atoms. The second-order valence-corrected chi connectivity index (χ2v) is 6.70. The molecule has 2 amide bonds. The van der Waals surface area contributed by atoms with Crippen LogP contribution in [0.4, 0.5) is 0 Å². The fourth-order valence-corrected chi connectivity index (χ4v) is 3.45. The summed E-state index contributed by atoms with van der Waals surface area (Å²) in [7, 11) is 1.64. The zero-order chi connectivity index (χ0) is 17.6. The molecule has 138 valence electrons. The highest BCUT2D eigenvalue weighted by molar-refractivity contribution is 5.78. The van der Waals surface area contributed by atoms with Gasteiger partial charge in [0, 0.05) is 52.6 Å². The highest BCUT2D eigenvalue weighted by Crippen LogP contribution is 2.26. The molecule has 2 fully saturated rings. The first kappa shape index (κ1) is 17.8.